The van der Waals surface area contributed by atoms with Crippen LogP contribution in [-0.4, -0.2) is 17.0 Å². The van der Waals surface area contributed by atoms with E-state index in [1.807, 2.05) is 25.1 Å². The number of Topliss-reactive ketones (excluding diaryl/α,β-unsaturated/α-hetero) is 1. The molecule has 0 aliphatic heterocycles. The minimum atomic E-state index is -0.539. The standard InChI is InChI=1S/C12H16O2/c1-3-11(13)9(2)12(14)10-7-5-4-6-8-10/h4-9,11,13H,3H2,1-2H3/t9-,11-/m1/s1. The fourth-order valence-corrected chi connectivity index (χ4v) is 1.39. The largest absolute Gasteiger partial charge is 0.392 e. The molecule has 0 amide bonds. The molecule has 0 unspecified atom stereocenters. The Kier molecular flexibility index (Phi) is 3.84. The Morgan fingerprint density at radius 3 is 2.43 bits per heavy atom. The van der Waals surface area contributed by atoms with E-state index in [0.717, 1.165) is 0 Å². The van der Waals surface area contributed by atoms with E-state index in [4.69, 9.17) is 0 Å². The van der Waals surface area contributed by atoms with E-state index in [0.29, 0.717) is 12.0 Å². The molecular weight excluding hydrogens is 176 g/mol. The molecule has 0 saturated heterocycles. The molecule has 0 heterocycles. The summed E-state index contributed by atoms with van der Waals surface area (Å²) in [5, 5.41) is 9.54. The van der Waals surface area contributed by atoms with Gasteiger partial charge in [-0.05, 0) is 6.42 Å². The zero-order valence-electron chi connectivity index (χ0n) is 8.60. The Morgan fingerprint density at radius 1 is 1.36 bits per heavy atom. The van der Waals surface area contributed by atoms with Crippen LogP contribution in [0.1, 0.15) is 30.6 Å². The van der Waals surface area contributed by atoms with Gasteiger partial charge in [-0.2, -0.15) is 0 Å². The van der Waals surface area contributed by atoms with Gasteiger partial charge in [0.15, 0.2) is 5.78 Å². The Bertz CT molecular complexity index is 292. The monoisotopic (exact) mass is 192 g/mol. The highest BCUT2D eigenvalue weighted by Crippen LogP contribution is 2.13. The summed E-state index contributed by atoms with van der Waals surface area (Å²) in [5.74, 6) is -0.303. The van der Waals surface area contributed by atoms with Gasteiger partial charge >= 0.3 is 0 Å². The number of rotatable bonds is 4. The lowest BCUT2D eigenvalue weighted by molar-refractivity contribution is 0.0705. The van der Waals surface area contributed by atoms with Crippen LogP contribution in [-0.2, 0) is 0 Å². The molecule has 0 bridgehead atoms. The first-order chi connectivity index (χ1) is 6.66. The van der Waals surface area contributed by atoms with Crippen molar-refractivity contribution in [2.45, 2.75) is 26.4 Å². The zero-order chi connectivity index (χ0) is 10.6. The second kappa shape index (κ2) is 4.91. The Hall–Kier alpha value is -1.15. The van der Waals surface area contributed by atoms with E-state index < -0.39 is 6.10 Å². The highest BCUT2D eigenvalue weighted by Gasteiger charge is 2.21. The summed E-state index contributed by atoms with van der Waals surface area (Å²) in [6.45, 7) is 3.64. The van der Waals surface area contributed by atoms with Crippen LogP contribution >= 0.6 is 0 Å². The smallest absolute Gasteiger partial charge is 0.168 e. The van der Waals surface area contributed by atoms with Crippen molar-refractivity contribution in [3.05, 3.63) is 35.9 Å². The number of hydrogen-bond donors (Lipinski definition) is 1. The number of aliphatic hydroxyl groups is 1. The minimum Gasteiger partial charge on any atom is -0.392 e. The van der Waals surface area contributed by atoms with Gasteiger partial charge in [0.2, 0.25) is 0 Å². The van der Waals surface area contributed by atoms with Crippen molar-refractivity contribution in [1.82, 2.24) is 0 Å². The maximum atomic E-state index is 11.8. The molecule has 76 valence electrons. The van der Waals surface area contributed by atoms with Gasteiger partial charge in [-0.25, -0.2) is 0 Å². The first-order valence-corrected chi connectivity index (χ1v) is 4.94. The SMILES string of the molecule is CC[C@@H](O)[C@@H](C)C(=O)c1ccccc1. The number of benzene rings is 1. The van der Waals surface area contributed by atoms with Gasteiger partial charge < -0.3 is 5.11 Å². The molecule has 0 fully saturated rings. The van der Waals surface area contributed by atoms with Crippen LogP contribution in [0.5, 0.6) is 0 Å². The van der Waals surface area contributed by atoms with Crippen LogP contribution in [0.25, 0.3) is 0 Å². The molecule has 0 radical (unpaired) electrons. The number of carbonyl (C=O) groups is 1. The van der Waals surface area contributed by atoms with E-state index in [-0.39, 0.29) is 11.7 Å². The molecule has 2 nitrogen and oxygen atoms in total. The third-order valence-corrected chi connectivity index (χ3v) is 2.47. The average Bonchev–Trinajstić information content (AvgIpc) is 2.27. The van der Waals surface area contributed by atoms with Crippen molar-refractivity contribution in [2.75, 3.05) is 0 Å². The first-order valence-electron chi connectivity index (χ1n) is 4.94. The van der Waals surface area contributed by atoms with E-state index in [1.165, 1.54) is 0 Å². The third-order valence-electron chi connectivity index (χ3n) is 2.47. The Balaban J connectivity index is 2.76. The summed E-state index contributed by atoms with van der Waals surface area (Å²) in [4.78, 5) is 11.8. The van der Waals surface area contributed by atoms with Gasteiger partial charge in [0, 0.05) is 11.5 Å². The van der Waals surface area contributed by atoms with Crippen LogP contribution in [0.15, 0.2) is 30.3 Å². The molecule has 0 aromatic heterocycles. The number of ketones is 1. The normalized spacial score (nSPS) is 14.8. The number of aliphatic hydroxyl groups excluding tert-OH is 1. The summed E-state index contributed by atoms with van der Waals surface area (Å²) >= 11 is 0. The highest BCUT2D eigenvalue weighted by atomic mass is 16.3. The topological polar surface area (TPSA) is 37.3 Å². The van der Waals surface area contributed by atoms with Crippen molar-refractivity contribution in [1.29, 1.82) is 0 Å². The molecule has 0 aliphatic carbocycles. The van der Waals surface area contributed by atoms with Gasteiger partial charge in [0.1, 0.15) is 0 Å². The van der Waals surface area contributed by atoms with Crippen molar-refractivity contribution in [3.63, 3.8) is 0 Å². The molecule has 1 N–H and O–H groups in total. The molecule has 1 aromatic rings. The molecule has 14 heavy (non-hydrogen) atoms. The van der Waals surface area contributed by atoms with E-state index >= 15 is 0 Å². The summed E-state index contributed by atoms with van der Waals surface area (Å²) in [7, 11) is 0. The molecule has 0 spiro atoms. The minimum absolute atomic E-state index is 0.0138. The summed E-state index contributed by atoms with van der Waals surface area (Å²) < 4.78 is 0. The molecule has 1 aromatic carbocycles. The summed E-state index contributed by atoms with van der Waals surface area (Å²) in [6, 6.07) is 9.09. The van der Waals surface area contributed by atoms with E-state index in [9.17, 15) is 9.90 Å². The average molecular weight is 192 g/mol. The predicted octanol–water partition coefficient (Wildman–Crippen LogP) is 2.28. The first kappa shape index (κ1) is 10.9. The fraction of sp³-hybridized carbons (Fsp3) is 0.417. The van der Waals surface area contributed by atoms with Gasteiger partial charge in [0.25, 0.3) is 0 Å². The van der Waals surface area contributed by atoms with Gasteiger partial charge in [-0.15, -0.1) is 0 Å². The molecule has 2 heteroatoms. The van der Waals surface area contributed by atoms with E-state index in [2.05, 4.69) is 0 Å². The quantitative estimate of drug-likeness (QED) is 0.743. The molecule has 0 aliphatic rings. The van der Waals surface area contributed by atoms with Gasteiger partial charge in [-0.3, -0.25) is 4.79 Å². The zero-order valence-corrected chi connectivity index (χ0v) is 8.60. The van der Waals surface area contributed by atoms with Crippen LogP contribution in [0.4, 0.5) is 0 Å². The molecule has 0 saturated carbocycles. The Labute approximate surface area is 84.6 Å². The van der Waals surface area contributed by atoms with Crippen LogP contribution < -0.4 is 0 Å². The second-order valence-corrected chi connectivity index (χ2v) is 3.49. The fourth-order valence-electron chi connectivity index (χ4n) is 1.39. The predicted molar refractivity (Wildman–Crippen MR) is 56.2 cm³/mol. The summed E-state index contributed by atoms with van der Waals surface area (Å²) in [6.07, 6.45) is 0.0717. The van der Waals surface area contributed by atoms with Gasteiger partial charge in [0.05, 0.1) is 6.10 Å². The number of hydrogen-bond acceptors (Lipinski definition) is 2. The maximum absolute atomic E-state index is 11.8. The number of carbonyl (C=O) groups excluding carboxylic acids is 1. The van der Waals surface area contributed by atoms with E-state index in [1.54, 1.807) is 19.1 Å². The maximum Gasteiger partial charge on any atom is 0.168 e. The molecular formula is C12H16O2. The highest BCUT2D eigenvalue weighted by molar-refractivity contribution is 5.97. The van der Waals surface area contributed by atoms with Crippen molar-refractivity contribution >= 4 is 5.78 Å². The van der Waals surface area contributed by atoms with Crippen LogP contribution in [0.2, 0.25) is 0 Å². The molecule has 1 rings (SSSR count). The van der Waals surface area contributed by atoms with Crippen molar-refractivity contribution < 1.29 is 9.90 Å². The lowest BCUT2D eigenvalue weighted by atomic mass is 9.93. The van der Waals surface area contributed by atoms with Crippen molar-refractivity contribution in [3.8, 4) is 0 Å². The van der Waals surface area contributed by atoms with Gasteiger partial charge in [-0.1, -0.05) is 44.2 Å². The Morgan fingerprint density at radius 2 is 1.93 bits per heavy atom. The van der Waals surface area contributed by atoms with Crippen LogP contribution in [0.3, 0.4) is 0 Å². The third kappa shape index (κ3) is 2.42. The molecule has 2 atom stereocenters. The lowest BCUT2D eigenvalue weighted by Gasteiger charge is -2.15. The second-order valence-electron chi connectivity index (χ2n) is 3.49. The van der Waals surface area contributed by atoms with Crippen LogP contribution in [0, 0.1) is 5.92 Å². The lowest BCUT2D eigenvalue weighted by Crippen LogP contribution is -2.24. The summed E-state index contributed by atoms with van der Waals surface area (Å²) in [5.41, 5.74) is 0.674. The van der Waals surface area contributed by atoms with Crippen molar-refractivity contribution in [2.24, 2.45) is 5.92 Å².